The first-order valence-electron chi connectivity index (χ1n) is 13.9. The van der Waals surface area contributed by atoms with Gasteiger partial charge in [-0.3, -0.25) is 10.0 Å². The van der Waals surface area contributed by atoms with Gasteiger partial charge in [-0.15, -0.1) is 0 Å². The normalized spacial score (nSPS) is 11.3. The maximum absolute atomic E-state index is 13.7. The summed E-state index contributed by atoms with van der Waals surface area (Å²) in [7, 11) is -3.39. The maximum atomic E-state index is 13.7. The summed E-state index contributed by atoms with van der Waals surface area (Å²) in [5.74, 6) is 0.753. The molecule has 2 N–H and O–H groups in total. The number of carbonyl (C=O) groups excluding carboxylic acids is 1. The van der Waals surface area contributed by atoms with Crippen LogP contribution in [0.3, 0.4) is 0 Å². The predicted molar refractivity (Wildman–Crippen MR) is 177 cm³/mol. The van der Waals surface area contributed by atoms with E-state index in [4.69, 9.17) is 11.6 Å². The van der Waals surface area contributed by atoms with Crippen molar-refractivity contribution < 1.29 is 13.2 Å². The third kappa shape index (κ3) is 8.62. The lowest BCUT2D eigenvalue weighted by atomic mass is 9.88. The molecule has 0 aliphatic rings. The summed E-state index contributed by atoms with van der Waals surface area (Å²) in [6.45, 7) is 0.890. The summed E-state index contributed by atoms with van der Waals surface area (Å²) in [5.41, 5.74) is 3.98. The summed E-state index contributed by atoms with van der Waals surface area (Å²) >= 11 is 7.69. The van der Waals surface area contributed by atoms with Crippen molar-refractivity contribution in [2.75, 3.05) is 29.4 Å². The number of nitrogens with one attached hydrogen (secondary N) is 2. The number of amides is 2. The van der Waals surface area contributed by atoms with Gasteiger partial charge in [-0.1, -0.05) is 95.7 Å². The second kappa shape index (κ2) is 14.4. The molecule has 0 saturated carbocycles. The van der Waals surface area contributed by atoms with E-state index in [1.165, 1.54) is 11.1 Å². The number of rotatable bonds is 12. The molecule has 0 atom stereocenters. The minimum atomic E-state index is -3.39. The number of urea groups is 1. The fraction of sp³-hybridized carbons (Fsp3) is 0.188. The lowest BCUT2D eigenvalue weighted by Gasteiger charge is -2.26. The summed E-state index contributed by atoms with van der Waals surface area (Å²) in [4.78, 5) is 28.7. The molecule has 0 radical (unpaired) electrons. The molecule has 0 saturated heterocycles. The van der Waals surface area contributed by atoms with Gasteiger partial charge in [0.15, 0.2) is 5.13 Å². The first-order chi connectivity index (χ1) is 21.2. The van der Waals surface area contributed by atoms with Crippen LogP contribution in [0, 0.1) is 0 Å². The van der Waals surface area contributed by atoms with E-state index in [1.807, 2.05) is 36.4 Å². The molecule has 2 heterocycles. The van der Waals surface area contributed by atoms with Crippen molar-refractivity contribution in [1.82, 2.24) is 19.9 Å². The summed E-state index contributed by atoms with van der Waals surface area (Å²) in [6, 6.07) is 28.7. The Morgan fingerprint density at radius 2 is 1.50 bits per heavy atom. The van der Waals surface area contributed by atoms with Crippen molar-refractivity contribution in [3.8, 4) is 11.3 Å². The van der Waals surface area contributed by atoms with E-state index in [0.29, 0.717) is 58.2 Å². The van der Waals surface area contributed by atoms with Gasteiger partial charge >= 0.3 is 6.03 Å². The highest BCUT2D eigenvalue weighted by Gasteiger charge is 2.21. The van der Waals surface area contributed by atoms with Gasteiger partial charge in [0, 0.05) is 49.1 Å². The second-order valence-corrected chi connectivity index (χ2v) is 13.4. The Morgan fingerprint density at radius 1 is 0.886 bits per heavy atom. The Kier molecular flexibility index (Phi) is 10.2. The number of carbonyl (C=O) groups is 1. The highest BCUT2D eigenvalue weighted by molar-refractivity contribution is 7.92. The van der Waals surface area contributed by atoms with Crippen LogP contribution in [-0.4, -0.2) is 53.6 Å². The molecule has 0 fully saturated rings. The van der Waals surface area contributed by atoms with Crippen LogP contribution in [0.25, 0.3) is 11.3 Å². The van der Waals surface area contributed by atoms with Crippen molar-refractivity contribution in [2.45, 2.75) is 18.8 Å². The smallest absolute Gasteiger partial charge is 0.323 e. The van der Waals surface area contributed by atoms with E-state index < -0.39 is 10.0 Å². The molecule has 0 unspecified atom stereocenters. The molecule has 2 aromatic heterocycles. The molecular weight excluding hydrogens is 616 g/mol. The van der Waals surface area contributed by atoms with Crippen molar-refractivity contribution >= 4 is 49.8 Å². The Balaban J connectivity index is 1.33. The molecule has 9 nitrogen and oxygen atoms in total. The SMILES string of the molecule is CS(=O)(=O)Nc1ccc(-c2nc(NC(=O)N(CCc3ncccn3)CCC(c3ccccc3)c3ccccc3)sc2Cl)cc1. The van der Waals surface area contributed by atoms with Gasteiger partial charge < -0.3 is 4.90 Å². The molecule has 3 aromatic carbocycles. The molecule has 5 rings (SSSR count). The Hall–Kier alpha value is -4.32. The van der Waals surface area contributed by atoms with E-state index in [9.17, 15) is 13.2 Å². The fourth-order valence-corrected chi connectivity index (χ4v) is 6.44. The zero-order valence-electron chi connectivity index (χ0n) is 23.9. The number of benzene rings is 3. The first-order valence-corrected chi connectivity index (χ1v) is 17.0. The number of nitrogens with zero attached hydrogens (tertiary/aromatic N) is 4. The van der Waals surface area contributed by atoms with Crippen LogP contribution >= 0.6 is 22.9 Å². The molecule has 12 heteroatoms. The Morgan fingerprint density at radius 3 is 2.09 bits per heavy atom. The summed E-state index contributed by atoms with van der Waals surface area (Å²) < 4.78 is 25.9. The zero-order valence-corrected chi connectivity index (χ0v) is 26.3. The van der Waals surface area contributed by atoms with E-state index in [0.717, 1.165) is 17.6 Å². The molecule has 0 bridgehead atoms. The minimum Gasteiger partial charge on any atom is -0.324 e. The molecular formula is C32H31ClN6O3S2. The first kappa shape index (κ1) is 31.1. The molecule has 226 valence electrons. The van der Waals surface area contributed by atoms with Gasteiger partial charge in [-0.05, 0) is 35.7 Å². The molecule has 0 aliphatic heterocycles. The monoisotopic (exact) mass is 646 g/mol. The van der Waals surface area contributed by atoms with Crippen molar-refractivity contribution in [1.29, 1.82) is 0 Å². The fourth-order valence-electron chi connectivity index (χ4n) is 4.80. The third-order valence-corrected chi connectivity index (χ3v) is 8.64. The molecule has 2 amide bonds. The van der Waals surface area contributed by atoms with Crippen molar-refractivity contribution in [3.63, 3.8) is 0 Å². The predicted octanol–water partition coefficient (Wildman–Crippen LogP) is 6.92. The summed E-state index contributed by atoms with van der Waals surface area (Å²) in [6.07, 6.45) is 5.67. The van der Waals surface area contributed by atoms with E-state index in [1.54, 1.807) is 47.6 Å². The van der Waals surface area contributed by atoms with Gasteiger partial charge in [0.05, 0.1) is 6.26 Å². The van der Waals surface area contributed by atoms with Gasteiger partial charge in [0.25, 0.3) is 0 Å². The Labute approximate surface area is 266 Å². The maximum Gasteiger partial charge on any atom is 0.323 e. The average Bonchev–Trinajstić information content (AvgIpc) is 3.39. The Bertz CT molecular complexity index is 1730. The third-order valence-electron chi connectivity index (χ3n) is 6.86. The molecule has 0 aliphatic carbocycles. The van der Waals surface area contributed by atoms with Crippen LogP contribution in [0.4, 0.5) is 15.6 Å². The van der Waals surface area contributed by atoms with Crippen LogP contribution in [0.15, 0.2) is 103 Å². The van der Waals surface area contributed by atoms with Gasteiger partial charge in [-0.2, -0.15) is 0 Å². The van der Waals surface area contributed by atoms with Crippen LogP contribution in [-0.2, 0) is 16.4 Å². The number of aromatic nitrogens is 3. The number of sulfonamides is 1. The number of hydrogen-bond donors (Lipinski definition) is 2. The number of hydrogen-bond acceptors (Lipinski definition) is 7. The summed E-state index contributed by atoms with van der Waals surface area (Å²) in [5, 5.41) is 3.29. The average molecular weight is 647 g/mol. The highest BCUT2D eigenvalue weighted by Crippen LogP contribution is 2.36. The number of thiazole rings is 1. The largest absolute Gasteiger partial charge is 0.324 e. The van der Waals surface area contributed by atoms with Gasteiger partial charge in [-0.25, -0.2) is 28.2 Å². The van der Waals surface area contributed by atoms with Gasteiger partial charge in [0.2, 0.25) is 10.0 Å². The second-order valence-electron chi connectivity index (χ2n) is 10.1. The topological polar surface area (TPSA) is 117 Å². The van der Waals surface area contributed by atoms with Crippen LogP contribution in [0.1, 0.15) is 29.3 Å². The minimum absolute atomic E-state index is 0.0988. The van der Waals surface area contributed by atoms with E-state index >= 15 is 0 Å². The van der Waals surface area contributed by atoms with Crippen LogP contribution in [0.5, 0.6) is 0 Å². The highest BCUT2D eigenvalue weighted by atomic mass is 35.5. The van der Waals surface area contributed by atoms with E-state index in [-0.39, 0.29) is 11.9 Å². The number of halogens is 1. The molecule has 5 aromatic rings. The number of anilines is 2. The van der Waals surface area contributed by atoms with Crippen LogP contribution in [0.2, 0.25) is 4.34 Å². The standard InChI is InChI=1S/C32H31ClN6O3S2/c1-44(41,42)38-26-15-13-25(14-16-26)29-30(33)43-31(36-29)37-32(40)39(22-18-28-34-19-8-20-35-28)21-17-27(23-9-4-2-5-10-23)24-11-6-3-7-12-24/h2-16,19-20,27,38H,17-18,21-22H2,1H3,(H,36,37,40). The van der Waals surface area contributed by atoms with Crippen LogP contribution < -0.4 is 10.0 Å². The van der Waals surface area contributed by atoms with Gasteiger partial charge in [0.1, 0.15) is 15.9 Å². The van der Waals surface area contributed by atoms with E-state index in [2.05, 4.69) is 49.3 Å². The lowest BCUT2D eigenvalue weighted by molar-refractivity contribution is 0.210. The zero-order chi connectivity index (χ0) is 30.9. The molecule has 44 heavy (non-hydrogen) atoms. The van der Waals surface area contributed by atoms with Crippen molar-refractivity contribution in [3.05, 3.63) is 125 Å². The quantitative estimate of drug-likeness (QED) is 0.152. The molecule has 0 spiro atoms. The van der Waals surface area contributed by atoms with Crippen molar-refractivity contribution in [2.24, 2.45) is 0 Å². The lowest BCUT2D eigenvalue weighted by Crippen LogP contribution is -2.38.